The van der Waals surface area contributed by atoms with Gasteiger partial charge in [-0.3, -0.25) is 4.79 Å². The van der Waals surface area contributed by atoms with Gasteiger partial charge in [-0.15, -0.1) is 0 Å². The molecule has 0 aromatic rings. The van der Waals surface area contributed by atoms with Gasteiger partial charge >= 0.3 is 5.97 Å². The Labute approximate surface area is 115 Å². The molecule has 5 heteroatoms. The van der Waals surface area contributed by atoms with E-state index in [0.29, 0.717) is 19.6 Å². The smallest absolute Gasteiger partial charge is 0.328 e. The Morgan fingerprint density at radius 3 is 2.74 bits per heavy atom. The summed E-state index contributed by atoms with van der Waals surface area (Å²) in [6, 6.07) is -0.519. The maximum atomic E-state index is 12.0. The van der Waals surface area contributed by atoms with Gasteiger partial charge in [-0.05, 0) is 12.8 Å². The predicted octanol–water partition coefficient (Wildman–Crippen LogP) is 1.65. The van der Waals surface area contributed by atoms with Gasteiger partial charge < -0.3 is 14.8 Å². The zero-order valence-corrected chi connectivity index (χ0v) is 11.9. The predicted molar refractivity (Wildman–Crippen MR) is 71.6 cm³/mol. The van der Waals surface area contributed by atoms with Crippen LogP contribution >= 0.6 is 0 Å². The number of hydrogen-bond acceptors (Lipinski definition) is 4. The monoisotopic (exact) mass is 271 g/mol. The molecule has 1 fully saturated rings. The molecule has 0 spiro atoms. The Balaban J connectivity index is 2.39. The summed E-state index contributed by atoms with van der Waals surface area (Å²) in [5.41, 5.74) is 0. The second-order valence-corrected chi connectivity index (χ2v) is 4.99. The van der Waals surface area contributed by atoms with Crippen molar-refractivity contribution in [3.63, 3.8) is 0 Å². The van der Waals surface area contributed by atoms with Crippen LogP contribution in [0, 0.1) is 5.92 Å². The largest absolute Gasteiger partial charge is 0.467 e. The lowest BCUT2D eigenvalue weighted by Gasteiger charge is -2.18. The van der Waals surface area contributed by atoms with Crippen LogP contribution in [0.4, 0.5) is 0 Å². The molecule has 0 aromatic carbocycles. The van der Waals surface area contributed by atoms with Crippen LogP contribution in [-0.2, 0) is 19.1 Å². The van der Waals surface area contributed by atoms with Crippen molar-refractivity contribution in [1.82, 2.24) is 5.32 Å². The van der Waals surface area contributed by atoms with Gasteiger partial charge in [0.15, 0.2) is 0 Å². The first kappa shape index (κ1) is 16.0. The highest BCUT2D eigenvalue weighted by Gasteiger charge is 2.28. The number of esters is 1. The summed E-state index contributed by atoms with van der Waals surface area (Å²) in [5.74, 6) is -0.574. The van der Waals surface area contributed by atoms with E-state index >= 15 is 0 Å². The first-order valence-electron chi connectivity index (χ1n) is 7.15. The highest BCUT2D eigenvalue weighted by Crippen LogP contribution is 2.14. The molecule has 1 N–H and O–H groups in total. The van der Waals surface area contributed by atoms with Crippen molar-refractivity contribution in [2.45, 2.75) is 51.5 Å². The quantitative estimate of drug-likeness (QED) is 0.538. The van der Waals surface area contributed by atoms with Crippen LogP contribution in [0.15, 0.2) is 0 Å². The molecule has 1 aliphatic heterocycles. The molecule has 0 aliphatic carbocycles. The Morgan fingerprint density at radius 2 is 2.16 bits per heavy atom. The van der Waals surface area contributed by atoms with Crippen molar-refractivity contribution in [3.05, 3.63) is 0 Å². The van der Waals surface area contributed by atoms with Crippen LogP contribution < -0.4 is 5.32 Å². The Morgan fingerprint density at radius 1 is 1.37 bits per heavy atom. The molecule has 5 nitrogen and oxygen atoms in total. The summed E-state index contributed by atoms with van der Waals surface area (Å²) in [7, 11) is 1.35. The second-order valence-electron chi connectivity index (χ2n) is 4.99. The maximum absolute atomic E-state index is 12.0. The topological polar surface area (TPSA) is 64.6 Å². The number of unbranched alkanes of at least 4 members (excludes halogenated alkanes) is 3. The number of carbonyl (C=O) groups excluding carboxylic acids is 2. The van der Waals surface area contributed by atoms with Crippen LogP contribution in [0.3, 0.4) is 0 Å². The molecule has 2 atom stereocenters. The van der Waals surface area contributed by atoms with E-state index in [9.17, 15) is 9.59 Å². The summed E-state index contributed by atoms with van der Waals surface area (Å²) < 4.78 is 9.93. The van der Waals surface area contributed by atoms with Gasteiger partial charge in [0.1, 0.15) is 6.04 Å². The van der Waals surface area contributed by atoms with Crippen LogP contribution in [0.25, 0.3) is 0 Å². The van der Waals surface area contributed by atoms with Crippen LogP contribution in [-0.4, -0.2) is 38.2 Å². The van der Waals surface area contributed by atoms with Gasteiger partial charge in [0.25, 0.3) is 0 Å². The molecule has 0 unspecified atom stereocenters. The van der Waals surface area contributed by atoms with E-state index in [2.05, 4.69) is 12.2 Å². The minimum Gasteiger partial charge on any atom is -0.467 e. The molecule has 0 aromatic heterocycles. The Hall–Kier alpha value is -1.10. The summed E-state index contributed by atoms with van der Waals surface area (Å²) >= 11 is 0. The summed E-state index contributed by atoms with van der Waals surface area (Å²) in [6.07, 6.45) is 5.68. The summed E-state index contributed by atoms with van der Waals surface area (Å²) in [4.78, 5) is 23.6. The lowest BCUT2D eigenvalue weighted by atomic mass is 10.0. The number of rotatable bonds is 8. The normalized spacial score (nSPS) is 20.0. The molecular formula is C14H25NO4. The molecule has 1 saturated heterocycles. The van der Waals surface area contributed by atoms with Gasteiger partial charge in [-0.25, -0.2) is 4.79 Å². The van der Waals surface area contributed by atoms with Gasteiger partial charge in [-0.1, -0.05) is 32.6 Å². The van der Waals surface area contributed by atoms with Crippen LogP contribution in [0.1, 0.15) is 45.4 Å². The Bertz CT molecular complexity index is 287. The van der Waals surface area contributed by atoms with E-state index in [4.69, 9.17) is 9.47 Å². The summed E-state index contributed by atoms with van der Waals surface area (Å²) in [6.45, 7) is 3.21. The molecule has 110 valence electrons. The highest BCUT2D eigenvalue weighted by atomic mass is 16.5. The van der Waals surface area contributed by atoms with Crippen molar-refractivity contribution >= 4 is 11.9 Å². The van der Waals surface area contributed by atoms with Crippen molar-refractivity contribution < 1.29 is 19.1 Å². The van der Waals surface area contributed by atoms with Gasteiger partial charge in [0.05, 0.1) is 19.6 Å². The average molecular weight is 271 g/mol. The zero-order chi connectivity index (χ0) is 14.1. The fraction of sp³-hybridized carbons (Fsp3) is 0.857. The van der Waals surface area contributed by atoms with E-state index in [1.807, 2.05) is 0 Å². The molecule has 1 aliphatic rings. The highest BCUT2D eigenvalue weighted by molar-refractivity contribution is 5.85. The molecule has 19 heavy (non-hydrogen) atoms. The van der Waals surface area contributed by atoms with Crippen LogP contribution in [0.5, 0.6) is 0 Å². The molecule has 0 saturated carbocycles. The molecule has 1 amide bonds. The number of carbonyl (C=O) groups is 2. The second kappa shape index (κ2) is 8.91. The van der Waals surface area contributed by atoms with Crippen molar-refractivity contribution in [1.29, 1.82) is 0 Å². The summed E-state index contributed by atoms with van der Waals surface area (Å²) in [5, 5.41) is 2.79. The maximum Gasteiger partial charge on any atom is 0.328 e. The number of methoxy groups -OCH3 is 1. The molecule has 0 radical (unpaired) electrons. The van der Waals surface area contributed by atoms with Crippen molar-refractivity contribution in [2.75, 3.05) is 20.3 Å². The first-order valence-corrected chi connectivity index (χ1v) is 7.15. The van der Waals surface area contributed by atoms with E-state index in [1.165, 1.54) is 7.11 Å². The third-order valence-electron chi connectivity index (χ3n) is 3.45. The number of amides is 1. The lowest BCUT2D eigenvalue weighted by Crippen LogP contribution is -2.44. The average Bonchev–Trinajstić information content (AvgIpc) is 2.95. The van der Waals surface area contributed by atoms with Gasteiger partial charge in [-0.2, -0.15) is 0 Å². The SMILES string of the molecule is CCCCCC[C@@H](NC(=O)[C@@H]1CCOC1)C(=O)OC. The zero-order valence-electron chi connectivity index (χ0n) is 11.9. The molecule has 1 rings (SSSR count). The van der Waals surface area contributed by atoms with Crippen LogP contribution in [0.2, 0.25) is 0 Å². The fourth-order valence-electron chi connectivity index (χ4n) is 2.20. The number of nitrogens with one attached hydrogen (secondary N) is 1. The fourth-order valence-corrected chi connectivity index (χ4v) is 2.20. The molecule has 0 bridgehead atoms. The molecular weight excluding hydrogens is 246 g/mol. The minimum absolute atomic E-state index is 0.0941. The van der Waals surface area contributed by atoms with Crippen molar-refractivity contribution in [3.8, 4) is 0 Å². The van der Waals surface area contributed by atoms with Crippen molar-refractivity contribution in [2.24, 2.45) is 5.92 Å². The third-order valence-corrected chi connectivity index (χ3v) is 3.45. The number of hydrogen-bond donors (Lipinski definition) is 1. The van der Waals surface area contributed by atoms with E-state index in [1.54, 1.807) is 0 Å². The first-order chi connectivity index (χ1) is 9.19. The third kappa shape index (κ3) is 5.59. The lowest BCUT2D eigenvalue weighted by molar-refractivity contribution is -0.145. The van der Waals surface area contributed by atoms with Gasteiger partial charge in [0, 0.05) is 6.61 Å². The standard InChI is InChI=1S/C14H25NO4/c1-3-4-5-6-7-12(14(17)18-2)15-13(16)11-8-9-19-10-11/h11-12H,3-10H2,1-2H3,(H,15,16)/t11-,12-/m1/s1. The molecule has 1 heterocycles. The Kier molecular flexibility index (Phi) is 7.48. The van der Waals surface area contributed by atoms with E-state index < -0.39 is 6.04 Å². The van der Waals surface area contributed by atoms with Gasteiger partial charge in [0.2, 0.25) is 5.91 Å². The number of ether oxygens (including phenoxy) is 2. The minimum atomic E-state index is -0.519. The van der Waals surface area contributed by atoms with E-state index in [-0.39, 0.29) is 17.8 Å². The van der Waals surface area contributed by atoms with E-state index in [0.717, 1.165) is 32.1 Å².